The van der Waals surface area contributed by atoms with Crippen LogP contribution in [-0.4, -0.2) is 38.2 Å². The highest BCUT2D eigenvalue weighted by molar-refractivity contribution is 6.33. The molecule has 0 N–H and O–H groups in total. The standard InChI is InChI=1S/C21H22ClN5/c1-14(25-26-9-2-3-10-26)16-6-7-18(22)17(12-16)20-13-19(15-4-5-15)24-21-23-8-11-27(20)21/h6-8,11-13,15H,2-5,9-10H2,1H3. The van der Waals surface area contributed by atoms with E-state index < -0.39 is 0 Å². The highest BCUT2D eigenvalue weighted by Gasteiger charge is 2.27. The van der Waals surface area contributed by atoms with Crippen LogP contribution in [0.3, 0.4) is 0 Å². The first kappa shape index (κ1) is 16.8. The molecule has 0 atom stereocenters. The number of benzene rings is 1. The highest BCUT2D eigenvalue weighted by Crippen LogP contribution is 2.41. The molecule has 5 nitrogen and oxygen atoms in total. The Kier molecular flexibility index (Phi) is 4.12. The Morgan fingerprint density at radius 1 is 1.19 bits per heavy atom. The Morgan fingerprint density at radius 3 is 2.78 bits per heavy atom. The maximum absolute atomic E-state index is 6.62. The summed E-state index contributed by atoms with van der Waals surface area (Å²) in [5, 5.41) is 7.69. The predicted octanol–water partition coefficient (Wildman–Crippen LogP) is 4.75. The molecule has 3 aromatic rings. The molecule has 2 aliphatic rings. The van der Waals surface area contributed by atoms with E-state index in [2.05, 4.69) is 35.1 Å². The third kappa shape index (κ3) is 3.21. The Hall–Kier alpha value is -2.40. The van der Waals surface area contributed by atoms with E-state index in [1.165, 1.54) is 25.7 Å². The minimum absolute atomic E-state index is 0.561. The van der Waals surface area contributed by atoms with Gasteiger partial charge in [-0.1, -0.05) is 17.7 Å². The van der Waals surface area contributed by atoms with Crippen LogP contribution in [0.1, 0.15) is 49.8 Å². The largest absolute Gasteiger partial charge is 0.297 e. The number of nitrogens with zero attached hydrogens (tertiary/aromatic N) is 5. The third-order valence-electron chi connectivity index (χ3n) is 5.42. The Bertz CT molecular complexity index is 1030. The van der Waals surface area contributed by atoms with Crippen LogP contribution in [0.15, 0.2) is 41.8 Å². The molecule has 1 saturated carbocycles. The van der Waals surface area contributed by atoms with Crippen LogP contribution in [0.2, 0.25) is 5.02 Å². The van der Waals surface area contributed by atoms with E-state index in [-0.39, 0.29) is 0 Å². The molecular weight excluding hydrogens is 358 g/mol. The van der Waals surface area contributed by atoms with E-state index in [0.29, 0.717) is 5.92 Å². The summed E-state index contributed by atoms with van der Waals surface area (Å²) in [6.07, 6.45) is 8.60. The van der Waals surface area contributed by atoms with Crippen molar-refractivity contribution in [3.63, 3.8) is 0 Å². The van der Waals surface area contributed by atoms with Crippen LogP contribution in [0.4, 0.5) is 0 Å². The number of hydrogen-bond donors (Lipinski definition) is 0. The van der Waals surface area contributed by atoms with Crippen LogP contribution in [-0.2, 0) is 0 Å². The van der Waals surface area contributed by atoms with Crippen molar-refractivity contribution in [1.29, 1.82) is 0 Å². The molecule has 0 radical (unpaired) electrons. The minimum atomic E-state index is 0.561. The van der Waals surface area contributed by atoms with E-state index in [9.17, 15) is 0 Å². The first-order valence-electron chi connectivity index (χ1n) is 9.63. The monoisotopic (exact) mass is 379 g/mol. The van der Waals surface area contributed by atoms with Crippen LogP contribution in [0, 0.1) is 0 Å². The lowest BCUT2D eigenvalue weighted by Crippen LogP contribution is -2.14. The Balaban J connectivity index is 1.61. The number of hydrogen-bond acceptors (Lipinski definition) is 4. The predicted molar refractivity (Wildman–Crippen MR) is 108 cm³/mol. The molecule has 138 valence electrons. The molecule has 5 rings (SSSR count). The number of fused-ring (bicyclic) bond motifs is 1. The zero-order valence-corrected chi connectivity index (χ0v) is 16.2. The van der Waals surface area contributed by atoms with Gasteiger partial charge in [-0.3, -0.25) is 9.41 Å². The van der Waals surface area contributed by atoms with E-state index >= 15 is 0 Å². The Morgan fingerprint density at radius 2 is 2.00 bits per heavy atom. The summed E-state index contributed by atoms with van der Waals surface area (Å²) in [5.74, 6) is 1.30. The van der Waals surface area contributed by atoms with Gasteiger partial charge in [0.15, 0.2) is 0 Å². The number of halogens is 1. The summed E-state index contributed by atoms with van der Waals surface area (Å²) in [5.41, 5.74) is 5.28. The average Bonchev–Trinajstić information content (AvgIpc) is 3.19. The van der Waals surface area contributed by atoms with Crippen molar-refractivity contribution in [2.45, 2.75) is 38.5 Å². The fourth-order valence-corrected chi connectivity index (χ4v) is 3.95. The summed E-state index contributed by atoms with van der Waals surface area (Å²) in [7, 11) is 0. The van der Waals surface area contributed by atoms with Crippen molar-refractivity contribution in [3.8, 4) is 11.3 Å². The number of rotatable bonds is 4. The summed E-state index contributed by atoms with van der Waals surface area (Å²) in [4.78, 5) is 9.13. The molecule has 0 bridgehead atoms. The van der Waals surface area contributed by atoms with Crippen molar-refractivity contribution in [3.05, 3.63) is 52.9 Å². The first-order chi connectivity index (χ1) is 13.2. The molecule has 0 amide bonds. The van der Waals surface area contributed by atoms with Gasteiger partial charge in [0.25, 0.3) is 0 Å². The molecule has 1 aliphatic heterocycles. The second-order valence-electron chi connectivity index (χ2n) is 7.48. The smallest absolute Gasteiger partial charge is 0.234 e. The second-order valence-corrected chi connectivity index (χ2v) is 7.89. The van der Waals surface area contributed by atoms with Crippen molar-refractivity contribution in [2.75, 3.05) is 13.1 Å². The highest BCUT2D eigenvalue weighted by atomic mass is 35.5. The van der Waals surface area contributed by atoms with Crippen molar-refractivity contribution < 1.29 is 0 Å². The van der Waals surface area contributed by atoms with Gasteiger partial charge in [-0.25, -0.2) is 9.97 Å². The first-order valence-corrected chi connectivity index (χ1v) is 10.0. The molecule has 2 aromatic heterocycles. The number of hydrazone groups is 1. The van der Waals surface area contributed by atoms with E-state index in [0.717, 1.165) is 52.1 Å². The molecule has 3 heterocycles. The van der Waals surface area contributed by atoms with Crippen molar-refractivity contribution in [1.82, 2.24) is 19.4 Å². The third-order valence-corrected chi connectivity index (χ3v) is 5.75. The molecule has 1 aromatic carbocycles. The fraction of sp³-hybridized carbons (Fsp3) is 0.381. The van der Waals surface area contributed by atoms with E-state index in [1.807, 2.05) is 16.7 Å². The maximum atomic E-state index is 6.62. The molecule has 1 aliphatic carbocycles. The zero-order valence-electron chi connectivity index (χ0n) is 15.4. The summed E-state index contributed by atoms with van der Waals surface area (Å²) in [6.45, 7) is 4.16. The van der Waals surface area contributed by atoms with Gasteiger partial charge in [0.05, 0.1) is 11.4 Å². The Labute approximate surface area is 163 Å². The lowest BCUT2D eigenvalue weighted by atomic mass is 10.0. The van der Waals surface area contributed by atoms with E-state index in [4.69, 9.17) is 21.7 Å². The summed E-state index contributed by atoms with van der Waals surface area (Å²) < 4.78 is 2.02. The summed E-state index contributed by atoms with van der Waals surface area (Å²) in [6, 6.07) is 8.33. The van der Waals surface area contributed by atoms with Gasteiger partial charge in [0, 0.05) is 47.7 Å². The fourth-order valence-electron chi connectivity index (χ4n) is 3.74. The molecule has 6 heteroatoms. The van der Waals surface area contributed by atoms with Gasteiger partial charge in [-0.15, -0.1) is 0 Å². The van der Waals surface area contributed by atoms with Gasteiger partial charge in [-0.2, -0.15) is 5.10 Å². The average molecular weight is 380 g/mol. The normalized spacial score (nSPS) is 17.9. The number of imidazole rings is 1. The van der Waals surface area contributed by atoms with E-state index in [1.54, 1.807) is 6.20 Å². The maximum Gasteiger partial charge on any atom is 0.234 e. The van der Waals surface area contributed by atoms with Gasteiger partial charge < -0.3 is 0 Å². The zero-order chi connectivity index (χ0) is 18.4. The molecule has 2 fully saturated rings. The van der Waals surface area contributed by atoms with Crippen molar-refractivity contribution in [2.24, 2.45) is 5.10 Å². The van der Waals surface area contributed by atoms with Crippen LogP contribution in [0.25, 0.3) is 17.0 Å². The molecule has 0 unspecified atom stereocenters. The lowest BCUT2D eigenvalue weighted by molar-refractivity contribution is 0.360. The SMILES string of the molecule is CC(=NN1CCCC1)c1ccc(Cl)c(-c2cc(C3CC3)nc3nccn23)c1. The van der Waals surface area contributed by atoms with Gasteiger partial charge in [0.2, 0.25) is 5.78 Å². The molecule has 1 saturated heterocycles. The van der Waals surface area contributed by atoms with Crippen LogP contribution < -0.4 is 0 Å². The van der Waals surface area contributed by atoms with Gasteiger partial charge in [0.1, 0.15) is 0 Å². The molecule has 0 spiro atoms. The topological polar surface area (TPSA) is 45.8 Å². The van der Waals surface area contributed by atoms with Gasteiger partial charge >= 0.3 is 0 Å². The van der Waals surface area contributed by atoms with Crippen LogP contribution in [0.5, 0.6) is 0 Å². The lowest BCUT2D eigenvalue weighted by Gasteiger charge is -2.14. The quantitative estimate of drug-likeness (QED) is 0.614. The van der Waals surface area contributed by atoms with Crippen molar-refractivity contribution >= 4 is 23.1 Å². The second kappa shape index (κ2) is 6.64. The number of aromatic nitrogens is 3. The molecular formula is C21H22ClN5. The van der Waals surface area contributed by atoms with Crippen LogP contribution >= 0.6 is 11.6 Å². The summed E-state index contributed by atoms with van der Waals surface area (Å²) >= 11 is 6.62. The minimum Gasteiger partial charge on any atom is -0.297 e. The molecule has 27 heavy (non-hydrogen) atoms. The van der Waals surface area contributed by atoms with Gasteiger partial charge in [-0.05, 0) is 56.4 Å².